The summed E-state index contributed by atoms with van der Waals surface area (Å²) in [6.07, 6.45) is 5.71. The molecule has 0 bridgehead atoms. The molecule has 0 atom stereocenters. The van der Waals surface area contributed by atoms with Crippen molar-refractivity contribution >= 4 is 0 Å². The molecule has 0 spiro atoms. The van der Waals surface area contributed by atoms with Gasteiger partial charge in [0, 0.05) is 18.8 Å². The molecule has 2 heteroatoms. The summed E-state index contributed by atoms with van der Waals surface area (Å²) in [6.45, 7) is 11.3. The maximum absolute atomic E-state index is 11.9. The van der Waals surface area contributed by atoms with Crippen LogP contribution < -0.4 is 0 Å². The van der Waals surface area contributed by atoms with Crippen LogP contribution in [0.25, 0.3) is 0 Å². The van der Waals surface area contributed by atoms with Gasteiger partial charge < -0.3 is 4.90 Å². The Bertz CT molecular complexity index is 185. The van der Waals surface area contributed by atoms with Gasteiger partial charge in [-0.15, -0.1) is 6.58 Å². The number of halogens is 1. The molecule has 0 saturated heterocycles. The minimum atomic E-state index is 0.527. The van der Waals surface area contributed by atoms with Crippen LogP contribution in [0, 0.1) is 0 Å². The lowest BCUT2D eigenvalue weighted by Gasteiger charge is -2.23. The molecule has 0 aromatic heterocycles. The topological polar surface area (TPSA) is 3.24 Å². The van der Waals surface area contributed by atoms with E-state index in [-0.39, 0.29) is 0 Å². The third-order valence-corrected chi connectivity index (χ3v) is 1.76. The van der Waals surface area contributed by atoms with E-state index in [0.29, 0.717) is 6.33 Å². The number of hydrogen-bond acceptors (Lipinski definition) is 1. The van der Waals surface area contributed by atoms with Crippen molar-refractivity contribution in [3.8, 4) is 0 Å². The summed E-state index contributed by atoms with van der Waals surface area (Å²) >= 11 is 0. The van der Waals surface area contributed by atoms with Crippen molar-refractivity contribution in [3.63, 3.8) is 0 Å². The Balaban J connectivity index is 4.05. The van der Waals surface area contributed by atoms with Gasteiger partial charge in [0.15, 0.2) is 0 Å². The minimum Gasteiger partial charge on any atom is -0.372 e. The number of nitrogens with zero attached hydrogens (tertiary/aromatic N) is 1. The molecular weight excluding hydrogens is 165 g/mol. The largest absolute Gasteiger partial charge is 0.372 e. The third-order valence-electron chi connectivity index (χ3n) is 1.76. The highest BCUT2D eigenvalue weighted by Gasteiger charge is 2.01. The molecule has 1 nitrogen and oxygen atoms in total. The van der Waals surface area contributed by atoms with E-state index in [1.54, 1.807) is 0 Å². The summed E-state index contributed by atoms with van der Waals surface area (Å²) < 4.78 is 11.9. The molecule has 0 fully saturated rings. The van der Waals surface area contributed by atoms with Gasteiger partial charge in [-0.2, -0.15) is 0 Å². The molecule has 0 radical (unpaired) electrons. The molecule has 0 heterocycles. The second kappa shape index (κ2) is 7.59. The van der Waals surface area contributed by atoms with Crippen LogP contribution in [0.2, 0.25) is 0 Å². The van der Waals surface area contributed by atoms with Gasteiger partial charge in [-0.1, -0.05) is 19.6 Å². The first-order valence-corrected chi connectivity index (χ1v) is 4.57. The Labute approximate surface area is 80.2 Å². The van der Waals surface area contributed by atoms with Crippen LogP contribution in [0.4, 0.5) is 4.39 Å². The summed E-state index contributed by atoms with van der Waals surface area (Å²) in [5, 5.41) is 0. The molecule has 0 rings (SSSR count). The molecule has 0 aliphatic rings. The van der Waals surface area contributed by atoms with Crippen LogP contribution in [0.1, 0.15) is 19.8 Å². The molecule has 0 aliphatic heterocycles. The summed E-state index contributed by atoms with van der Waals surface area (Å²) in [5.74, 6) is 0. The molecule has 13 heavy (non-hydrogen) atoms. The van der Waals surface area contributed by atoms with Gasteiger partial charge in [0.25, 0.3) is 0 Å². The van der Waals surface area contributed by atoms with E-state index >= 15 is 0 Å². The molecule has 0 unspecified atom stereocenters. The van der Waals surface area contributed by atoms with Gasteiger partial charge in [-0.3, -0.25) is 0 Å². The van der Waals surface area contributed by atoms with Crippen LogP contribution in [-0.4, -0.2) is 18.0 Å². The fourth-order valence-electron chi connectivity index (χ4n) is 1.09. The maximum atomic E-state index is 11.9. The lowest BCUT2D eigenvalue weighted by Crippen LogP contribution is -2.23. The van der Waals surface area contributed by atoms with E-state index in [4.69, 9.17) is 0 Å². The monoisotopic (exact) mass is 183 g/mol. The Kier molecular flexibility index (Phi) is 6.98. The van der Waals surface area contributed by atoms with Crippen molar-refractivity contribution < 1.29 is 4.39 Å². The fraction of sp³-hybridized carbons (Fsp3) is 0.455. The number of hydrogen-bond donors (Lipinski definition) is 0. The molecule has 0 aromatic rings. The zero-order valence-electron chi connectivity index (χ0n) is 8.30. The van der Waals surface area contributed by atoms with E-state index in [2.05, 4.69) is 25.0 Å². The smallest absolute Gasteiger partial charge is 0.0887 e. The molecule has 0 saturated carbocycles. The van der Waals surface area contributed by atoms with Crippen LogP contribution in [0.15, 0.2) is 37.3 Å². The molecule has 0 aromatic carbocycles. The fourth-order valence-corrected chi connectivity index (χ4v) is 1.09. The van der Waals surface area contributed by atoms with Crippen LogP contribution >= 0.6 is 0 Å². The summed E-state index contributed by atoms with van der Waals surface area (Å²) in [7, 11) is 0. The van der Waals surface area contributed by atoms with Crippen molar-refractivity contribution in [2.24, 2.45) is 0 Å². The van der Waals surface area contributed by atoms with Gasteiger partial charge in [0.1, 0.15) is 0 Å². The standard InChI is InChI=1S/C11H18FN/c1-4-6-10-13(9-5-2)11(3)7-8-12/h4,7-8H,1,3,5-6,9-10H2,2H3/b8-7+. The van der Waals surface area contributed by atoms with Crippen molar-refractivity contribution in [2.75, 3.05) is 13.1 Å². The van der Waals surface area contributed by atoms with Gasteiger partial charge in [-0.25, -0.2) is 4.39 Å². The highest BCUT2D eigenvalue weighted by molar-refractivity contribution is 5.11. The molecule has 74 valence electrons. The van der Waals surface area contributed by atoms with E-state index in [0.717, 1.165) is 31.6 Å². The molecular formula is C11H18FN. The first-order chi connectivity index (χ1) is 6.26. The second-order valence-corrected chi connectivity index (χ2v) is 2.85. The van der Waals surface area contributed by atoms with Gasteiger partial charge in [0.2, 0.25) is 0 Å². The molecule has 0 N–H and O–H groups in total. The first kappa shape index (κ1) is 11.9. The van der Waals surface area contributed by atoms with Crippen molar-refractivity contribution in [2.45, 2.75) is 19.8 Å². The van der Waals surface area contributed by atoms with Crippen LogP contribution in [0.3, 0.4) is 0 Å². The van der Waals surface area contributed by atoms with Crippen molar-refractivity contribution in [1.29, 1.82) is 0 Å². The summed E-state index contributed by atoms with van der Waals surface area (Å²) in [5.41, 5.74) is 0.728. The van der Waals surface area contributed by atoms with Crippen LogP contribution in [0.5, 0.6) is 0 Å². The van der Waals surface area contributed by atoms with Crippen LogP contribution in [-0.2, 0) is 0 Å². The Hall–Kier alpha value is -1.05. The van der Waals surface area contributed by atoms with Crippen molar-refractivity contribution in [1.82, 2.24) is 4.90 Å². The Morgan fingerprint density at radius 2 is 2.15 bits per heavy atom. The molecule has 0 aliphatic carbocycles. The zero-order chi connectivity index (χ0) is 10.1. The Morgan fingerprint density at radius 1 is 1.46 bits per heavy atom. The van der Waals surface area contributed by atoms with E-state index in [9.17, 15) is 4.39 Å². The second-order valence-electron chi connectivity index (χ2n) is 2.85. The van der Waals surface area contributed by atoms with Gasteiger partial charge in [-0.05, 0) is 18.9 Å². The minimum absolute atomic E-state index is 0.527. The van der Waals surface area contributed by atoms with E-state index in [1.165, 1.54) is 6.08 Å². The highest BCUT2D eigenvalue weighted by atomic mass is 19.1. The third kappa shape index (κ3) is 5.23. The normalized spacial score (nSPS) is 10.3. The van der Waals surface area contributed by atoms with Crippen molar-refractivity contribution in [3.05, 3.63) is 37.3 Å². The SMILES string of the molecule is C=CCCN(CCC)C(=C)/C=C/F. The summed E-state index contributed by atoms with van der Waals surface area (Å²) in [4.78, 5) is 2.05. The quantitative estimate of drug-likeness (QED) is 0.432. The van der Waals surface area contributed by atoms with Gasteiger partial charge >= 0.3 is 0 Å². The zero-order valence-corrected chi connectivity index (χ0v) is 8.30. The number of rotatable bonds is 7. The average Bonchev–Trinajstić information content (AvgIpc) is 2.12. The van der Waals surface area contributed by atoms with Gasteiger partial charge in [0.05, 0.1) is 6.33 Å². The first-order valence-electron chi connectivity index (χ1n) is 4.57. The van der Waals surface area contributed by atoms with E-state index in [1.807, 2.05) is 6.08 Å². The lowest BCUT2D eigenvalue weighted by atomic mass is 10.3. The lowest BCUT2D eigenvalue weighted by molar-refractivity contribution is 0.362. The predicted octanol–water partition coefficient (Wildman–Crippen LogP) is 3.27. The summed E-state index contributed by atoms with van der Waals surface area (Å²) in [6, 6.07) is 0. The Morgan fingerprint density at radius 3 is 2.62 bits per heavy atom. The maximum Gasteiger partial charge on any atom is 0.0887 e. The average molecular weight is 183 g/mol. The van der Waals surface area contributed by atoms with E-state index < -0.39 is 0 Å². The highest BCUT2D eigenvalue weighted by Crippen LogP contribution is 2.06. The number of allylic oxidation sites excluding steroid dienone is 1. The predicted molar refractivity (Wildman–Crippen MR) is 56.1 cm³/mol. The molecule has 0 amide bonds.